The van der Waals surface area contributed by atoms with E-state index < -0.39 is 5.97 Å². The van der Waals surface area contributed by atoms with Crippen molar-refractivity contribution < 1.29 is 14.3 Å². The highest BCUT2D eigenvalue weighted by Gasteiger charge is 2.12. The van der Waals surface area contributed by atoms with Crippen LogP contribution in [0.4, 0.5) is 0 Å². The van der Waals surface area contributed by atoms with Crippen molar-refractivity contribution in [2.75, 3.05) is 0 Å². The molecule has 0 bridgehead atoms. The van der Waals surface area contributed by atoms with Gasteiger partial charge in [0.25, 0.3) is 0 Å². The lowest BCUT2D eigenvalue weighted by atomic mass is 10.0. The van der Waals surface area contributed by atoms with E-state index in [4.69, 9.17) is 16.0 Å². The van der Waals surface area contributed by atoms with Crippen molar-refractivity contribution in [3.8, 4) is 11.1 Å². The van der Waals surface area contributed by atoms with Gasteiger partial charge in [-0.1, -0.05) is 54.1 Å². The summed E-state index contributed by atoms with van der Waals surface area (Å²) in [6.07, 6.45) is 0.643. The third kappa shape index (κ3) is 3.22. The largest absolute Gasteiger partial charge is 0.478 e. The lowest BCUT2D eigenvalue weighted by molar-refractivity contribution is 0.0697. The fourth-order valence-electron chi connectivity index (χ4n) is 3.10. The average molecular weight is 363 g/mol. The summed E-state index contributed by atoms with van der Waals surface area (Å²) in [6, 6.07) is 22.5. The first-order chi connectivity index (χ1) is 12.6. The second kappa shape index (κ2) is 6.70. The highest BCUT2D eigenvalue weighted by atomic mass is 35.5. The topological polar surface area (TPSA) is 50.4 Å². The van der Waals surface area contributed by atoms with Gasteiger partial charge in [0.05, 0.1) is 5.56 Å². The Morgan fingerprint density at radius 3 is 2.58 bits per heavy atom. The molecule has 1 heterocycles. The van der Waals surface area contributed by atoms with E-state index in [1.807, 2.05) is 54.6 Å². The van der Waals surface area contributed by atoms with E-state index in [-0.39, 0.29) is 5.56 Å². The number of furan rings is 1. The van der Waals surface area contributed by atoms with E-state index in [1.165, 1.54) is 0 Å². The van der Waals surface area contributed by atoms with Crippen molar-refractivity contribution in [2.45, 2.75) is 6.42 Å². The van der Waals surface area contributed by atoms with Gasteiger partial charge < -0.3 is 9.52 Å². The molecule has 3 aromatic carbocycles. The van der Waals surface area contributed by atoms with E-state index in [9.17, 15) is 9.90 Å². The van der Waals surface area contributed by atoms with Crippen LogP contribution in [0.25, 0.3) is 22.1 Å². The summed E-state index contributed by atoms with van der Waals surface area (Å²) in [7, 11) is 0. The van der Waals surface area contributed by atoms with E-state index in [0.717, 1.165) is 33.4 Å². The van der Waals surface area contributed by atoms with Crippen molar-refractivity contribution in [3.05, 3.63) is 94.7 Å². The van der Waals surface area contributed by atoms with Crippen LogP contribution < -0.4 is 0 Å². The van der Waals surface area contributed by atoms with Gasteiger partial charge in [0.15, 0.2) is 0 Å². The maximum absolute atomic E-state index is 11.2. The number of rotatable bonds is 4. The molecule has 0 amide bonds. The third-order valence-corrected chi connectivity index (χ3v) is 4.52. The maximum Gasteiger partial charge on any atom is 0.335 e. The van der Waals surface area contributed by atoms with Gasteiger partial charge in [0.1, 0.15) is 11.3 Å². The first-order valence-electron chi connectivity index (χ1n) is 8.20. The fraction of sp³-hybridized carbons (Fsp3) is 0.0455. The second-order valence-electron chi connectivity index (χ2n) is 6.13. The zero-order chi connectivity index (χ0) is 18.1. The number of halogens is 1. The van der Waals surface area contributed by atoms with Crippen LogP contribution in [0.15, 0.2) is 77.2 Å². The average Bonchev–Trinajstić information content (AvgIpc) is 3.04. The number of carbonyl (C=O) groups is 1. The predicted octanol–water partition coefficient (Wildman–Crippen LogP) is 6.04. The van der Waals surface area contributed by atoms with E-state index in [0.29, 0.717) is 11.4 Å². The second-order valence-corrected chi connectivity index (χ2v) is 6.57. The molecule has 0 fully saturated rings. The Balaban J connectivity index is 1.76. The molecule has 0 radical (unpaired) electrons. The van der Waals surface area contributed by atoms with Crippen LogP contribution in [0.3, 0.4) is 0 Å². The van der Waals surface area contributed by atoms with Gasteiger partial charge in [-0.25, -0.2) is 4.79 Å². The summed E-state index contributed by atoms with van der Waals surface area (Å²) in [5, 5.41) is 10.9. The van der Waals surface area contributed by atoms with Crippen LogP contribution in [0.1, 0.15) is 21.7 Å². The number of carboxylic acid groups (broad SMARTS) is 1. The standard InChI is InChI=1S/C22H15ClO3/c23-18-8-1-4-14(10-18)11-19-13-16-6-3-9-20(21(16)26-19)15-5-2-7-17(12-15)22(24)25/h1-10,12-13H,11H2,(H,24,25). The van der Waals surface area contributed by atoms with Crippen molar-refractivity contribution in [1.82, 2.24) is 0 Å². The minimum absolute atomic E-state index is 0.255. The Morgan fingerprint density at radius 2 is 1.77 bits per heavy atom. The molecule has 0 saturated heterocycles. The first-order valence-corrected chi connectivity index (χ1v) is 8.57. The highest BCUT2D eigenvalue weighted by molar-refractivity contribution is 6.30. The number of carboxylic acids is 1. The molecule has 0 unspecified atom stereocenters. The summed E-state index contributed by atoms with van der Waals surface area (Å²) in [6.45, 7) is 0. The van der Waals surface area contributed by atoms with Crippen molar-refractivity contribution in [3.63, 3.8) is 0 Å². The quantitative estimate of drug-likeness (QED) is 0.481. The molecule has 0 aliphatic carbocycles. The Hall–Kier alpha value is -3.04. The van der Waals surface area contributed by atoms with E-state index in [1.54, 1.807) is 18.2 Å². The van der Waals surface area contributed by atoms with Crippen LogP contribution in [0.2, 0.25) is 5.02 Å². The van der Waals surface area contributed by atoms with Gasteiger partial charge in [-0.15, -0.1) is 0 Å². The molecule has 0 aliphatic rings. The minimum Gasteiger partial charge on any atom is -0.478 e. The minimum atomic E-state index is -0.944. The highest BCUT2D eigenvalue weighted by Crippen LogP contribution is 2.32. The molecule has 128 valence electrons. The Kier molecular flexibility index (Phi) is 4.23. The van der Waals surface area contributed by atoms with Crippen LogP contribution in [0, 0.1) is 0 Å². The summed E-state index contributed by atoms with van der Waals surface area (Å²) in [4.78, 5) is 11.2. The van der Waals surface area contributed by atoms with Gasteiger partial charge in [-0.3, -0.25) is 0 Å². The molecule has 4 aromatic rings. The smallest absolute Gasteiger partial charge is 0.335 e. The molecule has 1 N–H and O–H groups in total. The fourth-order valence-corrected chi connectivity index (χ4v) is 3.31. The van der Waals surface area contributed by atoms with Crippen LogP contribution in [0.5, 0.6) is 0 Å². The van der Waals surface area contributed by atoms with Gasteiger partial charge in [0.2, 0.25) is 0 Å². The maximum atomic E-state index is 11.2. The summed E-state index contributed by atoms with van der Waals surface area (Å²) >= 11 is 6.06. The Morgan fingerprint density at radius 1 is 0.962 bits per heavy atom. The summed E-state index contributed by atoms with van der Waals surface area (Å²) < 4.78 is 6.11. The zero-order valence-corrected chi connectivity index (χ0v) is 14.5. The normalized spacial score (nSPS) is 11.0. The number of fused-ring (bicyclic) bond motifs is 1. The van der Waals surface area contributed by atoms with Gasteiger partial charge >= 0.3 is 5.97 Å². The van der Waals surface area contributed by atoms with E-state index >= 15 is 0 Å². The molecule has 26 heavy (non-hydrogen) atoms. The number of para-hydroxylation sites is 1. The van der Waals surface area contributed by atoms with Crippen LogP contribution in [-0.4, -0.2) is 11.1 Å². The van der Waals surface area contributed by atoms with Crippen LogP contribution >= 0.6 is 11.6 Å². The van der Waals surface area contributed by atoms with Gasteiger partial charge in [-0.05, 0) is 41.5 Å². The molecule has 1 aromatic heterocycles. The zero-order valence-electron chi connectivity index (χ0n) is 13.8. The molecule has 0 atom stereocenters. The third-order valence-electron chi connectivity index (χ3n) is 4.28. The molecular formula is C22H15ClO3. The lowest BCUT2D eigenvalue weighted by Crippen LogP contribution is -1.95. The van der Waals surface area contributed by atoms with Crippen molar-refractivity contribution in [2.24, 2.45) is 0 Å². The molecule has 4 heteroatoms. The van der Waals surface area contributed by atoms with Gasteiger partial charge in [0, 0.05) is 22.4 Å². The summed E-state index contributed by atoms with van der Waals surface area (Å²) in [5.41, 5.74) is 3.78. The van der Waals surface area contributed by atoms with Crippen molar-refractivity contribution in [1.29, 1.82) is 0 Å². The molecule has 0 spiro atoms. The number of aromatic carboxylic acids is 1. The van der Waals surface area contributed by atoms with Crippen LogP contribution in [-0.2, 0) is 6.42 Å². The number of benzene rings is 3. The predicted molar refractivity (Wildman–Crippen MR) is 103 cm³/mol. The monoisotopic (exact) mass is 362 g/mol. The molecule has 0 aliphatic heterocycles. The summed E-state index contributed by atoms with van der Waals surface area (Å²) in [5.74, 6) is -0.107. The molecule has 0 saturated carbocycles. The Labute approximate surface area is 155 Å². The number of hydrogen-bond acceptors (Lipinski definition) is 2. The van der Waals surface area contributed by atoms with Crippen molar-refractivity contribution >= 4 is 28.5 Å². The number of hydrogen-bond donors (Lipinski definition) is 1. The molecule has 4 rings (SSSR count). The molecular weight excluding hydrogens is 348 g/mol. The van der Waals surface area contributed by atoms with Gasteiger partial charge in [-0.2, -0.15) is 0 Å². The molecule has 3 nitrogen and oxygen atoms in total. The first kappa shape index (κ1) is 16.4. The lowest BCUT2D eigenvalue weighted by Gasteiger charge is -2.04. The van der Waals surface area contributed by atoms with E-state index in [2.05, 4.69) is 0 Å². The SMILES string of the molecule is O=C(O)c1cccc(-c2cccc3cc(Cc4cccc(Cl)c4)oc23)c1. The Bertz CT molecular complexity index is 1110.